The van der Waals surface area contributed by atoms with Gasteiger partial charge in [0.2, 0.25) is 0 Å². The van der Waals surface area contributed by atoms with Gasteiger partial charge in [0.1, 0.15) is 0 Å². The molecule has 1 aromatic heterocycles. The minimum Gasteiger partial charge on any atom is -0.317 e. The number of thioether (sulfide) groups is 1. The molecule has 15 heavy (non-hydrogen) atoms. The van der Waals surface area contributed by atoms with Crippen LogP contribution in [0.1, 0.15) is 19.3 Å². The highest BCUT2D eigenvalue weighted by Crippen LogP contribution is 2.22. The number of piperidine rings is 1. The van der Waals surface area contributed by atoms with Gasteiger partial charge in [-0.25, -0.2) is 4.98 Å². The van der Waals surface area contributed by atoms with Crippen LogP contribution in [0.5, 0.6) is 0 Å². The smallest absolute Gasteiger partial charge is 0.0959 e. The first-order valence-electron chi connectivity index (χ1n) is 5.70. The molecular formula is C12H18N2S. The van der Waals surface area contributed by atoms with Gasteiger partial charge in [0, 0.05) is 6.20 Å². The van der Waals surface area contributed by atoms with E-state index in [1.807, 2.05) is 24.0 Å². The lowest BCUT2D eigenvalue weighted by Crippen LogP contribution is -2.27. The van der Waals surface area contributed by atoms with Gasteiger partial charge in [-0.3, -0.25) is 0 Å². The van der Waals surface area contributed by atoms with Gasteiger partial charge < -0.3 is 5.32 Å². The monoisotopic (exact) mass is 222 g/mol. The van der Waals surface area contributed by atoms with Crippen LogP contribution in [0.4, 0.5) is 0 Å². The zero-order valence-corrected chi connectivity index (χ0v) is 9.80. The highest BCUT2D eigenvalue weighted by Gasteiger charge is 2.12. The summed E-state index contributed by atoms with van der Waals surface area (Å²) in [6.07, 6.45) is 5.90. The predicted molar refractivity (Wildman–Crippen MR) is 65.2 cm³/mol. The van der Waals surface area contributed by atoms with Crippen LogP contribution in [0.25, 0.3) is 0 Å². The zero-order valence-electron chi connectivity index (χ0n) is 8.98. The van der Waals surface area contributed by atoms with Crippen LogP contribution in [0.2, 0.25) is 0 Å². The SMILES string of the molecule is c1ccc(SCCC2CCNCC2)nc1. The highest BCUT2D eigenvalue weighted by atomic mass is 32.2. The van der Waals surface area contributed by atoms with E-state index in [4.69, 9.17) is 0 Å². The molecule has 0 spiro atoms. The van der Waals surface area contributed by atoms with E-state index >= 15 is 0 Å². The van der Waals surface area contributed by atoms with Crippen molar-refractivity contribution in [2.75, 3.05) is 18.8 Å². The third-order valence-electron chi connectivity index (χ3n) is 2.87. The largest absolute Gasteiger partial charge is 0.317 e. The van der Waals surface area contributed by atoms with Crippen LogP contribution >= 0.6 is 11.8 Å². The first kappa shape index (κ1) is 11.0. The Morgan fingerprint density at radius 3 is 2.93 bits per heavy atom. The topological polar surface area (TPSA) is 24.9 Å². The molecule has 2 heterocycles. The lowest BCUT2D eigenvalue weighted by molar-refractivity contribution is 0.367. The molecule has 2 rings (SSSR count). The third kappa shape index (κ3) is 3.84. The molecule has 2 nitrogen and oxygen atoms in total. The van der Waals surface area contributed by atoms with Gasteiger partial charge in [-0.2, -0.15) is 0 Å². The maximum Gasteiger partial charge on any atom is 0.0959 e. The number of aromatic nitrogens is 1. The summed E-state index contributed by atoms with van der Waals surface area (Å²) in [6.45, 7) is 2.41. The minimum atomic E-state index is 0.933. The standard InChI is InChI=1S/C12H18N2S/c1-2-7-14-12(3-1)15-10-6-11-4-8-13-9-5-11/h1-3,7,11,13H,4-6,8-10H2. The molecule has 1 aliphatic heterocycles. The van der Waals surface area contributed by atoms with E-state index in [0.717, 1.165) is 10.9 Å². The van der Waals surface area contributed by atoms with Crippen LogP contribution in [0.15, 0.2) is 29.4 Å². The summed E-state index contributed by atoms with van der Waals surface area (Å²) in [5, 5.41) is 4.56. The molecule has 1 fully saturated rings. The number of hydrogen-bond acceptors (Lipinski definition) is 3. The summed E-state index contributed by atoms with van der Waals surface area (Å²) in [4.78, 5) is 4.31. The van der Waals surface area contributed by atoms with Gasteiger partial charge >= 0.3 is 0 Å². The van der Waals surface area contributed by atoms with E-state index in [1.165, 1.54) is 38.1 Å². The summed E-state index contributed by atoms with van der Waals surface area (Å²) in [7, 11) is 0. The number of nitrogens with one attached hydrogen (secondary N) is 1. The van der Waals surface area contributed by atoms with Crippen molar-refractivity contribution in [3.8, 4) is 0 Å². The number of nitrogens with zero attached hydrogens (tertiary/aromatic N) is 1. The molecule has 1 saturated heterocycles. The number of rotatable bonds is 4. The Morgan fingerprint density at radius 1 is 1.33 bits per heavy atom. The van der Waals surface area contributed by atoms with E-state index in [-0.39, 0.29) is 0 Å². The lowest BCUT2D eigenvalue weighted by atomic mass is 9.96. The molecule has 0 unspecified atom stereocenters. The van der Waals surface area contributed by atoms with Crippen molar-refractivity contribution >= 4 is 11.8 Å². The van der Waals surface area contributed by atoms with Crippen LogP contribution in [0, 0.1) is 5.92 Å². The van der Waals surface area contributed by atoms with Crippen molar-refractivity contribution in [2.45, 2.75) is 24.3 Å². The fourth-order valence-corrected chi connectivity index (χ4v) is 2.90. The second-order valence-corrected chi connectivity index (χ2v) is 5.11. The van der Waals surface area contributed by atoms with E-state index < -0.39 is 0 Å². The maximum atomic E-state index is 4.31. The molecule has 0 atom stereocenters. The Kier molecular flexibility index (Phi) is 4.48. The van der Waals surface area contributed by atoms with E-state index in [1.54, 1.807) is 0 Å². The van der Waals surface area contributed by atoms with Crippen molar-refractivity contribution in [1.29, 1.82) is 0 Å². The summed E-state index contributed by atoms with van der Waals surface area (Å²) in [6, 6.07) is 6.11. The Labute approximate surface area is 95.9 Å². The van der Waals surface area contributed by atoms with Crippen LogP contribution in [-0.2, 0) is 0 Å². The Morgan fingerprint density at radius 2 is 2.20 bits per heavy atom. The molecule has 1 aliphatic rings. The Hall–Kier alpha value is -0.540. The molecule has 0 amide bonds. The average Bonchev–Trinajstić information content (AvgIpc) is 2.32. The van der Waals surface area contributed by atoms with Gasteiger partial charge in [0.05, 0.1) is 5.03 Å². The molecule has 0 aromatic carbocycles. The van der Waals surface area contributed by atoms with Crippen molar-refractivity contribution in [1.82, 2.24) is 10.3 Å². The molecular weight excluding hydrogens is 204 g/mol. The quantitative estimate of drug-likeness (QED) is 0.793. The van der Waals surface area contributed by atoms with Gasteiger partial charge in [-0.15, -0.1) is 11.8 Å². The van der Waals surface area contributed by atoms with E-state index in [9.17, 15) is 0 Å². The van der Waals surface area contributed by atoms with Gasteiger partial charge in [-0.1, -0.05) is 6.07 Å². The van der Waals surface area contributed by atoms with E-state index in [0.29, 0.717) is 0 Å². The fourth-order valence-electron chi connectivity index (χ4n) is 1.93. The fraction of sp³-hybridized carbons (Fsp3) is 0.583. The van der Waals surface area contributed by atoms with Crippen LogP contribution in [-0.4, -0.2) is 23.8 Å². The summed E-state index contributed by atoms with van der Waals surface area (Å²) in [5.41, 5.74) is 0. The molecule has 3 heteroatoms. The van der Waals surface area contributed by atoms with Gasteiger partial charge in [-0.05, 0) is 56.2 Å². The summed E-state index contributed by atoms with van der Waals surface area (Å²) >= 11 is 1.88. The van der Waals surface area contributed by atoms with Crippen molar-refractivity contribution < 1.29 is 0 Å². The first-order chi connectivity index (χ1) is 7.45. The number of hydrogen-bond donors (Lipinski definition) is 1. The third-order valence-corrected chi connectivity index (χ3v) is 3.85. The first-order valence-corrected chi connectivity index (χ1v) is 6.68. The predicted octanol–water partition coefficient (Wildman–Crippen LogP) is 2.56. The molecule has 1 aromatic rings. The van der Waals surface area contributed by atoms with Gasteiger partial charge in [0.25, 0.3) is 0 Å². The average molecular weight is 222 g/mol. The summed E-state index contributed by atoms with van der Waals surface area (Å²) < 4.78 is 0. The second-order valence-electron chi connectivity index (χ2n) is 4.00. The summed E-state index contributed by atoms with van der Waals surface area (Å²) in [5.74, 6) is 2.14. The van der Waals surface area contributed by atoms with Crippen LogP contribution < -0.4 is 5.32 Å². The zero-order chi connectivity index (χ0) is 10.3. The Balaban J connectivity index is 1.66. The van der Waals surface area contributed by atoms with Crippen molar-refractivity contribution in [3.63, 3.8) is 0 Å². The van der Waals surface area contributed by atoms with Crippen molar-refractivity contribution in [2.24, 2.45) is 5.92 Å². The molecule has 0 bridgehead atoms. The van der Waals surface area contributed by atoms with E-state index in [2.05, 4.69) is 22.4 Å². The van der Waals surface area contributed by atoms with Crippen molar-refractivity contribution in [3.05, 3.63) is 24.4 Å². The maximum absolute atomic E-state index is 4.31. The molecule has 82 valence electrons. The Bertz CT molecular complexity index is 270. The normalized spacial score (nSPS) is 17.9. The molecule has 0 saturated carbocycles. The molecule has 1 N–H and O–H groups in total. The lowest BCUT2D eigenvalue weighted by Gasteiger charge is -2.22. The van der Waals surface area contributed by atoms with Gasteiger partial charge in [0.15, 0.2) is 0 Å². The molecule has 0 radical (unpaired) electrons. The molecule has 0 aliphatic carbocycles. The van der Waals surface area contributed by atoms with Crippen LogP contribution in [0.3, 0.4) is 0 Å². The highest BCUT2D eigenvalue weighted by molar-refractivity contribution is 7.99. The second kappa shape index (κ2) is 6.13. The minimum absolute atomic E-state index is 0.933. The number of pyridine rings is 1.